The average Bonchev–Trinajstić information content (AvgIpc) is 2.99. The van der Waals surface area contributed by atoms with Gasteiger partial charge in [0.05, 0.1) is 24.3 Å². The van der Waals surface area contributed by atoms with E-state index in [1.54, 1.807) is 28.9 Å². The van der Waals surface area contributed by atoms with Gasteiger partial charge in [-0.2, -0.15) is 5.10 Å². The fourth-order valence-electron chi connectivity index (χ4n) is 3.27. The second-order valence-electron chi connectivity index (χ2n) is 8.03. The third kappa shape index (κ3) is 4.12. The van der Waals surface area contributed by atoms with Crippen molar-refractivity contribution in [1.29, 1.82) is 0 Å². The molecule has 1 aliphatic rings. The van der Waals surface area contributed by atoms with Crippen molar-refractivity contribution in [3.05, 3.63) is 40.5 Å². The van der Waals surface area contributed by atoms with Gasteiger partial charge in [-0.05, 0) is 19.1 Å². The molecule has 0 atom stereocenters. The van der Waals surface area contributed by atoms with E-state index in [9.17, 15) is 18.4 Å². The Balaban J connectivity index is 1.92. The minimum Gasteiger partial charge on any atom is -0.365 e. The topological polar surface area (TPSA) is 81.2 Å². The Morgan fingerprint density at radius 1 is 1.24 bits per heavy atom. The summed E-state index contributed by atoms with van der Waals surface area (Å²) in [6.07, 6.45) is -0.308. The van der Waals surface area contributed by atoms with Crippen LogP contribution in [-0.4, -0.2) is 39.0 Å². The first kappa shape index (κ1) is 21.2. The van der Waals surface area contributed by atoms with Gasteiger partial charge in [-0.15, -0.1) is 0 Å². The van der Waals surface area contributed by atoms with Crippen LogP contribution in [0.3, 0.4) is 0 Å². The van der Waals surface area contributed by atoms with E-state index in [1.165, 1.54) is 18.7 Å². The summed E-state index contributed by atoms with van der Waals surface area (Å²) >= 11 is 6.05. The molecule has 6 nitrogen and oxygen atoms in total. The van der Waals surface area contributed by atoms with Crippen molar-refractivity contribution in [1.82, 2.24) is 14.7 Å². The predicted molar refractivity (Wildman–Crippen MR) is 106 cm³/mol. The summed E-state index contributed by atoms with van der Waals surface area (Å²) in [5.41, 5.74) is 5.86. The number of benzene rings is 1. The zero-order chi connectivity index (χ0) is 21.6. The van der Waals surface area contributed by atoms with E-state index in [0.29, 0.717) is 35.1 Å². The standard InChI is InChI=1S/C20H23ClF2N4O2/c1-19(2,20(3,22)23)10-15(28)26-7-8-27-14(11-26)16(18(24)29)17(25-27)12-5-4-6-13(21)9-12/h4-6,9H,7-8,10-11H2,1-3H3,(H2,24,29). The van der Waals surface area contributed by atoms with Crippen LogP contribution >= 0.6 is 11.6 Å². The van der Waals surface area contributed by atoms with Gasteiger partial charge in [0.2, 0.25) is 5.91 Å². The number of nitrogens with two attached hydrogens (primary N) is 1. The third-order valence-corrected chi connectivity index (χ3v) is 5.69. The van der Waals surface area contributed by atoms with Gasteiger partial charge in [-0.1, -0.05) is 37.6 Å². The normalized spacial score (nSPS) is 14.6. The van der Waals surface area contributed by atoms with Crippen molar-refractivity contribution >= 4 is 23.4 Å². The predicted octanol–water partition coefficient (Wildman–Crippen LogP) is 3.72. The fourth-order valence-corrected chi connectivity index (χ4v) is 3.46. The van der Waals surface area contributed by atoms with Crippen LogP contribution in [0, 0.1) is 5.41 Å². The Morgan fingerprint density at radius 3 is 2.52 bits per heavy atom. The summed E-state index contributed by atoms with van der Waals surface area (Å²) < 4.78 is 29.2. The molecule has 3 rings (SSSR count). The van der Waals surface area contributed by atoms with Gasteiger partial charge in [0.25, 0.3) is 11.8 Å². The molecule has 0 fully saturated rings. The van der Waals surface area contributed by atoms with Gasteiger partial charge in [0.15, 0.2) is 0 Å². The molecule has 0 unspecified atom stereocenters. The molecule has 0 spiro atoms. The molecule has 156 valence electrons. The first-order valence-electron chi connectivity index (χ1n) is 9.22. The number of primary amides is 1. The number of hydrogen-bond donors (Lipinski definition) is 1. The molecule has 9 heteroatoms. The van der Waals surface area contributed by atoms with Gasteiger partial charge in [0, 0.05) is 29.0 Å². The first-order valence-corrected chi connectivity index (χ1v) is 9.59. The Bertz CT molecular complexity index is 966. The van der Waals surface area contributed by atoms with E-state index in [-0.39, 0.29) is 18.5 Å². The third-order valence-electron chi connectivity index (χ3n) is 5.46. The lowest BCUT2D eigenvalue weighted by Gasteiger charge is -2.34. The monoisotopic (exact) mass is 424 g/mol. The molecule has 2 aromatic rings. The van der Waals surface area contributed by atoms with Gasteiger partial charge in [0.1, 0.15) is 5.69 Å². The van der Waals surface area contributed by atoms with Crippen LogP contribution in [0.25, 0.3) is 11.3 Å². The van der Waals surface area contributed by atoms with Crippen molar-refractivity contribution in [3.8, 4) is 11.3 Å². The van der Waals surface area contributed by atoms with Crippen molar-refractivity contribution < 1.29 is 18.4 Å². The molecular formula is C20H23ClF2N4O2. The van der Waals surface area contributed by atoms with Gasteiger partial charge in [-0.3, -0.25) is 14.3 Å². The number of nitrogens with zero attached hydrogens (tertiary/aromatic N) is 3. The van der Waals surface area contributed by atoms with Crippen LogP contribution < -0.4 is 5.73 Å². The van der Waals surface area contributed by atoms with Crippen LogP contribution in [0.2, 0.25) is 5.02 Å². The van der Waals surface area contributed by atoms with Gasteiger partial charge < -0.3 is 10.6 Å². The molecular weight excluding hydrogens is 402 g/mol. The van der Waals surface area contributed by atoms with Crippen molar-refractivity contribution in [2.45, 2.75) is 46.2 Å². The van der Waals surface area contributed by atoms with Crippen molar-refractivity contribution in [2.75, 3.05) is 6.54 Å². The summed E-state index contributed by atoms with van der Waals surface area (Å²) in [5, 5.41) is 4.98. The van der Waals surface area contributed by atoms with Crippen LogP contribution in [0.4, 0.5) is 8.78 Å². The highest BCUT2D eigenvalue weighted by Crippen LogP contribution is 2.39. The highest BCUT2D eigenvalue weighted by Gasteiger charge is 2.44. The highest BCUT2D eigenvalue weighted by atomic mass is 35.5. The van der Waals surface area contributed by atoms with E-state index >= 15 is 0 Å². The molecule has 0 saturated carbocycles. The number of halogens is 3. The lowest BCUT2D eigenvalue weighted by molar-refractivity contribution is -0.145. The molecule has 0 aliphatic carbocycles. The number of amides is 2. The molecule has 1 aromatic heterocycles. The van der Waals surface area contributed by atoms with Gasteiger partial charge >= 0.3 is 0 Å². The lowest BCUT2D eigenvalue weighted by atomic mass is 9.82. The molecule has 2 amide bonds. The van der Waals surface area contributed by atoms with Crippen LogP contribution in [0.1, 0.15) is 43.2 Å². The Morgan fingerprint density at radius 2 is 1.93 bits per heavy atom. The zero-order valence-corrected chi connectivity index (χ0v) is 17.3. The van der Waals surface area contributed by atoms with Crippen molar-refractivity contribution in [3.63, 3.8) is 0 Å². The van der Waals surface area contributed by atoms with E-state index < -0.39 is 23.2 Å². The number of aromatic nitrogens is 2. The minimum atomic E-state index is -3.00. The smallest absolute Gasteiger partial charge is 0.252 e. The van der Waals surface area contributed by atoms with E-state index in [4.69, 9.17) is 17.3 Å². The molecule has 0 saturated heterocycles. The summed E-state index contributed by atoms with van der Waals surface area (Å²) in [7, 11) is 0. The molecule has 0 bridgehead atoms. The summed E-state index contributed by atoms with van der Waals surface area (Å²) in [4.78, 5) is 26.4. The molecule has 2 heterocycles. The maximum Gasteiger partial charge on any atom is 0.252 e. The summed E-state index contributed by atoms with van der Waals surface area (Å²) in [6.45, 7) is 4.28. The number of carbonyl (C=O) groups excluding carboxylic acids is 2. The number of hydrogen-bond acceptors (Lipinski definition) is 3. The Kier molecular flexibility index (Phi) is 5.42. The molecule has 1 aromatic carbocycles. The largest absolute Gasteiger partial charge is 0.365 e. The zero-order valence-electron chi connectivity index (χ0n) is 16.5. The highest BCUT2D eigenvalue weighted by molar-refractivity contribution is 6.30. The maximum absolute atomic E-state index is 13.8. The minimum absolute atomic E-state index is 0.0794. The second kappa shape index (κ2) is 7.40. The molecule has 29 heavy (non-hydrogen) atoms. The van der Waals surface area contributed by atoms with Gasteiger partial charge in [-0.25, -0.2) is 8.78 Å². The van der Waals surface area contributed by atoms with Crippen molar-refractivity contribution in [2.24, 2.45) is 11.1 Å². The quantitative estimate of drug-likeness (QED) is 0.794. The SMILES string of the molecule is CC(F)(F)C(C)(C)CC(=O)N1CCn2nc(-c3cccc(Cl)c3)c(C(N)=O)c2C1. The molecule has 1 aliphatic heterocycles. The second-order valence-corrected chi connectivity index (χ2v) is 8.47. The Labute approximate surface area is 172 Å². The van der Waals surface area contributed by atoms with E-state index in [1.807, 2.05) is 0 Å². The molecule has 2 N–H and O–H groups in total. The van der Waals surface area contributed by atoms with Crippen LogP contribution in [0.15, 0.2) is 24.3 Å². The number of fused-ring (bicyclic) bond motifs is 1. The number of alkyl halides is 2. The summed E-state index contributed by atoms with van der Waals surface area (Å²) in [6, 6.07) is 6.89. The Hall–Kier alpha value is -2.48. The lowest BCUT2D eigenvalue weighted by Crippen LogP contribution is -2.44. The number of rotatable bonds is 5. The molecule has 0 radical (unpaired) electrons. The number of carbonyl (C=O) groups is 2. The van der Waals surface area contributed by atoms with E-state index in [2.05, 4.69) is 5.10 Å². The maximum atomic E-state index is 13.8. The van der Waals surface area contributed by atoms with Crippen LogP contribution in [0.5, 0.6) is 0 Å². The van der Waals surface area contributed by atoms with Crippen LogP contribution in [-0.2, 0) is 17.9 Å². The fraction of sp³-hybridized carbons (Fsp3) is 0.450. The van der Waals surface area contributed by atoms with E-state index in [0.717, 1.165) is 6.92 Å². The first-order chi connectivity index (χ1) is 13.4. The average molecular weight is 425 g/mol. The summed E-state index contributed by atoms with van der Waals surface area (Å²) in [5.74, 6) is -4.07.